The summed E-state index contributed by atoms with van der Waals surface area (Å²) in [5.74, 6) is -1.49. The number of amides is 2. The third kappa shape index (κ3) is 8.84. The average molecular weight is 671 g/mol. The fraction of sp³-hybridized carbons (Fsp3) is 0.235. The standard InChI is InChI=1S/C34H34Cl2FN3O4S/c1-3-24(2)38-34(42)32(20-25-10-6-4-7-11-25)39(22-26-14-16-27(37)17-15-26)33(41)23-40(28-18-19-30(35)31(36)21-28)45(43,44)29-12-8-5-9-13-29/h4-19,21,24,32H,3,20,22-23H2,1-2H3,(H,38,42)/t24-,32-/m0/s1. The van der Waals surface area contributed by atoms with Crippen LogP contribution in [0, 0.1) is 5.82 Å². The zero-order valence-electron chi connectivity index (χ0n) is 24.9. The molecule has 2 amide bonds. The lowest BCUT2D eigenvalue weighted by Gasteiger charge is -2.34. The Labute approximate surface area is 273 Å². The van der Waals surface area contributed by atoms with Crippen LogP contribution in [0.1, 0.15) is 31.4 Å². The molecule has 7 nitrogen and oxygen atoms in total. The highest BCUT2D eigenvalue weighted by Gasteiger charge is 2.35. The number of halogens is 3. The second kappa shape index (κ2) is 15.4. The third-order valence-electron chi connectivity index (χ3n) is 7.34. The Balaban J connectivity index is 1.81. The van der Waals surface area contributed by atoms with Crippen LogP contribution in [0.5, 0.6) is 0 Å². The van der Waals surface area contributed by atoms with E-state index >= 15 is 0 Å². The van der Waals surface area contributed by atoms with Crippen LogP contribution < -0.4 is 9.62 Å². The molecule has 2 atom stereocenters. The van der Waals surface area contributed by atoms with E-state index in [9.17, 15) is 22.4 Å². The topological polar surface area (TPSA) is 86.8 Å². The highest BCUT2D eigenvalue weighted by Crippen LogP contribution is 2.31. The molecule has 0 saturated heterocycles. The van der Waals surface area contributed by atoms with Crippen molar-refractivity contribution in [2.45, 2.75) is 50.2 Å². The number of nitrogens with zero attached hydrogens (tertiary/aromatic N) is 2. The van der Waals surface area contributed by atoms with Gasteiger partial charge in [-0.05, 0) is 66.9 Å². The van der Waals surface area contributed by atoms with E-state index in [1.54, 1.807) is 18.2 Å². The van der Waals surface area contributed by atoms with Gasteiger partial charge < -0.3 is 10.2 Å². The number of hydrogen-bond acceptors (Lipinski definition) is 4. The Hall–Kier alpha value is -3.92. The minimum absolute atomic E-state index is 0.0377. The minimum atomic E-state index is -4.28. The fourth-order valence-corrected chi connectivity index (χ4v) is 6.39. The summed E-state index contributed by atoms with van der Waals surface area (Å²) in [6, 6.07) is 25.6. The van der Waals surface area contributed by atoms with Gasteiger partial charge in [-0.2, -0.15) is 0 Å². The molecular weight excluding hydrogens is 636 g/mol. The second-order valence-corrected chi connectivity index (χ2v) is 13.3. The summed E-state index contributed by atoms with van der Waals surface area (Å²) in [5, 5.41) is 3.30. The molecule has 4 rings (SSSR count). The SMILES string of the molecule is CC[C@H](C)NC(=O)[C@H](Cc1ccccc1)N(Cc1ccc(F)cc1)C(=O)CN(c1ccc(Cl)c(Cl)c1)S(=O)(=O)c1ccccc1. The Kier molecular flexibility index (Phi) is 11.6. The average Bonchev–Trinajstić information content (AvgIpc) is 3.04. The van der Waals surface area contributed by atoms with Crippen molar-refractivity contribution >= 4 is 50.7 Å². The summed E-state index contributed by atoms with van der Waals surface area (Å²) in [5.41, 5.74) is 1.48. The van der Waals surface area contributed by atoms with Gasteiger partial charge in [0.15, 0.2) is 0 Å². The molecular formula is C34H34Cl2FN3O4S. The fourth-order valence-electron chi connectivity index (χ4n) is 4.67. The number of sulfonamides is 1. The molecule has 0 spiro atoms. The van der Waals surface area contributed by atoms with Crippen molar-refractivity contribution < 1.29 is 22.4 Å². The zero-order valence-corrected chi connectivity index (χ0v) is 27.2. The smallest absolute Gasteiger partial charge is 0.264 e. The van der Waals surface area contributed by atoms with Gasteiger partial charge >= 0.3 is 0 Å². The van der Waals surface area contributed by atoms with Gasteiger partial charge in [0.1, 0.15) is 18.4 Å². The highest BCUT2D eigenvalue weighted by atomic mass is 35.5. The highest BCUT2D eigenvalue weighted by molar-refractivity contribution is 7.92. The van der Waals surface area contributed by atoms with Crippen molar-refractivity contribution in [2.24, 2.45) is 0 Å². The molecule has 0 aromatic heterocycles. The minimum Gasteiger partial charge on any atom is -0.352 e. The molecule has 0 unspecified atom stereocenters. The lowest BCUT2D eigenvalue weighted by atomic mass is 10.0. The van der Waals surface area contributed by atoms with E-state index < -0.39 is 40.2 Å². The molecule has 4 aromatic carbocycles. The van der Waals surface area contributed by atoms with Gasteiger partial charge in [0.2, 0.25) is 11.8 Å². The molecule has 236 valence electrons. The van der Waals surface area contributed by atoms with Gasteiger partial charge in [0, 0.05) is 19.0 Å². The molecule has 45 heavy (non-hydrogen) atoms. The van der Waals surface area contributed by atoms with Crippen molar-refractivity contribution in [3.63, 3.8) is 0 Å². The van der Waals surface area contributed by atoms with Gasteiger partial charge in [-0.15, -0.1) is 0 Å². The summed E-state index contributed by atoms with van der Waals surface area (Å²) >= 11 is 12.4. The van der Waals surface area contributed by atoms with E-state index in [0.29, 0.717) is 12.0 Å². The molecule has 1 N–H and O–H groups in total. The summed E-state index contributed by atoms with van der Waals surface area (Å²) in [6.45, 7) is 3.06. The molecule has 11 heteroatoms. The molecule has 0 aliphatic heterocycles. The maximum atomic E-state index is 14.4. The first-order chi connectivity index (χ1) is 21.5. The molecule has 0 fully saturated rings. The summed E-state index contributed by atoms with van der Waals surface area (Å²) in [7, 11) is -4.28. The normalized spacial score (nSPS) is 12.6. The van der Waals surface area contributed by atoms with Crippen molar-refractivity contribution in [3.8, 4) is 0 Å². The van der Waals surface area contributed by atoms with Crippen molar-refractivity contribution in [2.75, 3.05) is 10.8 Å². The van der Waals surface area contributed by atoms with E-state index in [4.69, 9.17) is 23.2 Å². The maximum absolute atomic E-state index is 14.4. The van der Waals surface area contributed by atoms with Crippen LogP contribution in [-0.2, 0) is 32.6 Å². The lowest BCUT2D eigenvalue weighted by Crippen LogP contribution is -2.54. The van der Waals surface area contributed by atoms with Gasteiger partial charge in [-0.1, -0.05) is 90.8 Å². The Morgan fingerprint density at radius 1 is 0.844 bits per heavy atom. The van der Waals surface area contributed by atoms with Crippen molar-refractivity contribution in [3.05, 3.63) is 130 Å². The number of rotatable bonds is 13. The number of carbonyl (C=O) groups excluding carboxylic acids is 2. The maximum Gasteiger partial charge on any atom is 0.264 e. The van der Waals surface area contributed by atoms with Crippen LogP contribution in [0.2, 0.25) is 10.0 Å². The Bertz CT molecular complexity index is 1710. The quantitative estimate of drug-likeness (QED) is 0.168. The zero-order chi connectivity index (χ0) is 32.6. The monoisotopic (exact) mass is 669 g/mol. The van der Waals surface area contributed by atoms with Crippen LogP contribution in [0.15, 0.2) is 108 Å². The molecule has 0 bridgehead atoms. The first-order valence-corrected chi connectivity index (χ1v) is 16.6. The van der Waals surface area contributed by atoms with E-state index in [1.165, 1.54) is 59.5 Å². The largest absolute Gasteiger partial charge is 0.352 e. The van der Waals surface area contributed by atoms with E-state index in [-0.39, 0.29) is 39.6 Å². The molecule has 0 aliphatic carbocycles. The third-order valence-corrected chi connectivity index (χ3v) is 9.87. The van der Waals surface area contributed by atoms with Crippen LogP contribution >= 0.6 is 23.2 Å². The number of benzene rings is 4. The molecule has 4 aromatic rings. The molecule has 0 heterocycles. The van der Waals surface area contributed by atoms with Crippen molar-refractivity contribution in [1.29, 1.82) is 0 Å². The number of anilines is 1. The van der Waals surface area contributed by atoms with E-state index in [0.717, 1.165) is 9.87 Å². The molecule has 0 saturated carbocycles. The summed E-state index contributed by atoms with van der Waals surface area (Å²) < 4.78 is 42.8. The van der Waals surface area contributed by atoms with Gasteiger partial charge in [0.05, 0.1) is 20.6 Å². The lowest BCUT2D eigenvalue weighted by molar-refractivity contribution is -0.140. The molecule has 0 radical (unpaired) electrons. The van der Waals surface area contributed by atoms with Gasteiger partial charge in [-0.25, -0.2) is 12.8 Å². The summed E-state index contributed by atoms with van der Waals surface area (Å²) in [4.78, 5) is 29.6. The van der Waals surface area contributed by atoms with Gasteiger partial charge in [0.25, 0.3) is 10.0 Å². The van der Waals surface area contributed by atoms with Crippen LogP contribution in [-0.4, -0.2) is 43.8 Å². The molecule has 0 aliphatic rings. The Morgan fingerprint density at radius 3 is 2.07 bits per heavy atom. The van der Waals surface area contributed by atoms with Crippen LogP contribution in [0.3, 0.4) is 0 Å². The first kappa shape index (κ1) is 34.0. The van der Waals surface area contributed by atoms with E-state index in [2.05, 4.69) is 5.32 Å². The predicted octanol–water partition coefficient (Wildman–Crippen LogP) is 6.88. The van der Waals surface area contributed by atoms with Crippen molar-refractivity contribution in [1.82, 2.24) is 10.2 Å². The number of nitrogens with one attached hydrogen (secondary N) is 1. The number of carbonyl (C=O) groups is 2. The van der Waals surface area contributed by atoms with Gasteiger partial charge in [-0.3, -0.25) is 13.9 Å². The van der Waals surface area contributed by atoms with Crippen LogP contribution in [0.4, 0.5) is 10.1 Å². The number of hydrogen-bond donors (Lipinski definition) is 1. The Morgan fingerprint density at radius 2 is 1.47 bits per heavy atom. The first-order valence-electron chi connectivity index (χ1n) is 14.4. The second-order valence-electron chi connectivity index (χ2n) is 10.6. The van der Waals surface area contributed by atoms with Crippen LogP contribution in [0.25, 0.3) is 0 Å². The predicted molar refractivity (Wildman–Crippen MR) is 176 cm³/mol. The van der Waals surface area contributed by atoms with E-state index in [1.807, 2.05) is 44.2 Å². The summed E-state index contributed by atoms with van der Waals surface area (Å²) in [6.07, 6.45) is 0.824.